The summed E-state index contributed by atoms with van der Waals surface area (Å²) in [5, 5.41) is 1.27. The van der Waals surface area contributed by atoms with Crippen LogP contribution in [0.5, 0.6) is 0 Å². The van der Waals surface area contributed by atoms with Crippen LogP contribution in [0.4, 0.5) is 0 Å². The molecule has 3 heteroatoms. The Morgan fingerprint density at radius 3 is 2.55 bits per heavy atom. The first-order valence-corrected chi connectivity index (χ1v) is 6.32. The highest BCUT2D eigenvalue weighted by Gasteiger charge is 2.21. The molecule has 0 spiro atoms. The number of thioether (sulfide) groups is 2. The van der Waals surface area contributed by atoms with Gasteiger partial charge < -0.3 is 0 Å². The zero-order chi connectivity index (χ0) is 8.32. The molecule has 1 heterocycles. The van der Waals surface area contributed by atoms with Crippen molar-refractivity contribution in [2.24, 2.45) is 0 Å². The van der Waals surface area contributed by atoms with E-state index in [9.17, 15) is 0 Å². The highest BCUT2D eigenvalue weighted by atomic mass is 32.2. The molecular weight excluding hydrogens is 174 g/mol. The summed E-state index contributed by atoms with van der Waals surface area (Å²) in [5.41, 5.74) is 0.359. The molecule has 0 N–H and O–H groups in total. The fourth-order valence-corrected chi connectivity index (χ4v) is 3.36. The third-order valence-electron chi connectivity index (χ3n) is 1.87. The van der Waals surface area contributed by atoms with Gasteiger partial charge in [0.25, 0.3) is 0 Å². The van der Waals surface area contributed by atoms with Crippen molar-refractivity contribution in [2.45, 2.75) is 26.3 Å². The lowest BCUT2D eigenvalue weighted by atomic mass is 10.1. The fraction of sp³-hybridized carbons (Fsp3) is 1.00. The van der Waals surface area contributed by atoms with Gasteiger partial charge in [-0.1, -0.05) is 0 Å². The van der Waals surface area contributed by atoms with Gasteiger partial charge in [-0.2, -0.15) is 0 Å². The molecule has 1 aliphatic rings. The molecule has 1 aliphatic heterocycles. The van der Waals surface area contributed by atoms with Crippen molar-refractivity contribution in [1.29, 1.82) is 0 Å². The molecule has 1 fully saturated rings. The van der Waals surface area contributed by atoms with Crippen LogP contribution in [0.2, 0.25) is 0 Å². The van der Waals surface area contributed by atoms with E-state index in [0.29, 0.717) is 5.54 Å². The minimum absolute atomic E-state index is 0.359. The summed E-state index contributed by atoms with van der Waals surface area (Å²) in [4.78, 5) is 2.55. The molecule has 1 rings (SSSR count). The number of nitrogens with zero attached hydrogens (tertiary/aromatic N) is 1. The maximum absolute atomic E-state index is 2.55. The molecule has 0 saturated carbocycles. The van der Waals surface area contributed by atoms with Crippen LogP contribution in [-0.4, -0.2) is 33.7 Å². The zero-order valence-corrected chi connectivity index (χ0v) is 9.23. The van der Waals surface area contributed by atoms with Gasteiger partial charge in [-0.15, -0.1) is 23.5 Å². The van der Waals surface area contributed by atoms with Crippen LogP contribution in [0.25, 0.3) is 0 Å². The molecule has 0 aromatic heterocycles. The molecular formula is C8H17NS2. The molecule has 0 bridgehead atoms. The predicted molar refractivity (Wildman–Crippen MR) is 56.2 cm³/mol. The Kier molecular flexibility index (Phi) is 3.59. The number of rotatable bonds is 0. The predicted octanol–water partition coefficient (Wildman–Crippen LogP) is 2.48. The van der Waals surface area contributed by atoms with E-state index in [1.807, 2.05) is 11.8 Å². The van der Waals surface area contributed by atoms with Gasteiger partial charge in [0.15, 0.2) is 0 Å². The Morgan fingerprint density at radius 2 is 1.91 bits per heavy atom. The third-order valence-corrected chi connectivity index (χ3v) is 4.17. The summed E-state index contributed by atoms with van der Waals surface area (Å²) in [6.07, 6.45) is 0. The largest absolute Gasteiger partial charge is 0.288 e. The molecule has 0 aliphatic carbocycles. The molecule has 0 amide bonds. The van der Waals surface area contributed by atoms with Crippen LogP contribution in [0, 0.1) is 0 Å². The molecule has 0 aromatic carbocycles. The summed E-state index contributed by atoms with van der Waals surface area (Å²) in [6.45, 7) is 8.14. The second-order valence-corrected chi connectivity index (χ2v) is 6.22. The van der Waals surface area contributed by atoms with Crippen molar-refractivity contribution in [2.75, 3.05) is 23.3 Å². The van der Waals surface area contributed by atoms with Crippen LogP contribution in [-0.2, 0) is 0 Å². The fourth-order valence-electron chi connectivity index (χ4n) is 1.03. The Hall–Kier alpha value is 0.660. The lowest BCUT2D eigenvalue weighted by Crippen LogP contribution is -2.41. The molecule has 0 aromatic rings. The van der Waals surface area contributed by atoms with Gasteiger partial charge in [0, 0.05) is 28.8 Å². The standard InChI is InChI=1S/C8H17NS2/c1-8(2,3)9-4-5-10-7-11-6-9/h4-7H2,1-3H3. The minimum Gasteiger partial charge on any atom is -0.288 e. The van der Waals surface area contributed by atoms with E-state index >= 15 is 0 Å². The summed E-state index contributed by atoms with van der Waals surface area (Å²) >= 11 is 4.10. The average molecular weight is 191 g/mol. The third kappa shape index (κ3) is 3.26. The Bertz CT molecular complexity index is 112. The minimum atomic E-state index is 0.359. The van der Waals surface area contributed by atoms with Crippen molar-refractivity contribution >= 4 is 23.5 Å². The van der Waals surface area contributed by atoms with E-state index in [1.165, 1.54) is 23.3 Å². The van der Waals surface area contributed by atoms with Crippen LogP contribution in [0.15, 0.2) is 0 Å². The van der Waals surface area contributed by atoms with Gasteiger partial charge >= 0.3 is 0 Å². The highest BCUT2D eigenvalue weighted by molar-refractivity contribution is 8.16. The van der Waals surface area contributed by atoms with Gasteiger partial charge in [-0.3, -0.25) is 4.90 Å². The van der Waals surface area contributed by atoms with E-state index in [2.05, 4.69) is 37.4 Å². The van der Waals surface area contributed by atoms with Crippen LogP contribution < -0.4 is 0 Å². The molecule has 1 saturated heterocycles. The van der Waals surface area contributed by atoms with E-state index in [1.54, 1.807) is 0 Å². The molecule has 1 nitrogen and oxygen atoms in total. The average Bonchev–Trinajstić information content (AvgIpc) is 2.10. The smallest absolute Gasteiger partial charge is 0.0458 e. The molecule has 0 unspecified atom stereocenters. The second-order valence-electron chi connectivity index (χ2n) is 3.79. The summed E-state index contributed by atoms with van der Waals surface area (Å²) in [5.74, 6) is 2.50. The van der Waals surface area contributed by atoms with Crippen LogP contribution >= 0.6 is 23.5 Å². The first kappa shape index (κ1) is 9.75. The van der Waals surface area contributed by atoms with Crippen molar-refractivity contribution in [1.82, 2.24) is 4.90 Å². The van der Waals surface area contributed by atoms with E-state index < -0.39 is 0 Å². The Labute approximate surface area is 78.3 Å². The number of hydrogen-bond acceptors (Lipinski definition) is 3. The Morgan fingerprint density at radius 1 is 1.18 bits per heavy atom. The molecule has 0 radical (unpaired) electrons. The van der Waals surface area contributed by atoms with E-state index in [0.717, 1.165) is 0 Å². The van der Waals surface area contributed by atoms with E-state index in [-0.39, 0.29) is 0 Å². The van der Waals surface area contributed by atoms with Gasteiger partial charge in [0.2, 0.25) is 0 Å². The van der Waals surface area contributed by atoms with Crippen molar-refractivity contribution in [3.05, 3.63) is 0 Å². The topological polar surface area (TPSA) is 3.24 Å². The second kappa shape index (κ2) is 4.06. The lowest BCUT2D eigenvalue weighted by molar-refractivity contribution is 0.178. The van der Waals surface area contributed by atoms with Gasteiger partial charge in [0.05, 0.1) is 0 Å². The quantitative estimate of drug-likeness (QED) is 0.579. The maximum atomic E-state index is 2.55. The summed E-state index contributed by atoms with van der Waals surface area (Å²) in [7, 11) is 0. The monoisotopic (exact) mass is 191 g/mol. The maximum Gasteiger partial charge on any atom is 0.0458 e. The highest BCUT2D eigenvalue weighted by Crippen LogP contribution is 2.23. The summed E-state index contributed by atoms with van der Waals surface area (Å²) < 4.78 is 0. The molecule has 11 heavy (non-hydrogen) atoms. The summed E-state index contributed by atoms with van der Waals surface area (Å²) in [6, 6.07) is 0. The van der Waals surface area contributed by atoms with Gasteiger partial charge in [-0.05, 0) is 20.8 Å². The van der Waals surface area contributed by atoms with Crippen molar-refractivity contribution < 1.29 is 0 Å². The SMILES string of the molecule is CC(C)(C)N1CCSCSC1. The van der Waals surface area contributed by atoms with E-state index in [4.69, 9.17) is 0 Å². The van der Waals surface area contributed by atoms with Crippen LogP contribution in [0.1, 0.15) is 20.8 Å². The first-order valence-electron chi connectivity index (χ1n) is 4.01. The molecule has 66 valence electrons. The lowest BCUT2D eigenvalue weighted by Gasteiger charge is -2.33. The first-order chi connectivity index (χ1) is 5.11. The Balaban J connectivity index is 2.43. The zero-order valence-electron chi connectivity index (χ0n) is 7.59. The number of hydrogen-bond donors (Lipinski definition) is 0. The van der Waals surface area contributed by atoms with Gasteiger partial charge in [-0.25, -0.2) is 0 Å². The van der Waals surface area contributed by atoms with Gasteiger partial charge in [0.1, 0.15) is 0 Å². The van der Waals surface area contributed by atoms with Crippen molar-refractivity contribution in [3.63, 3.8) is 0 Å². The molecule has 0 atom stereocenters. The normalized spacial score (nSPS) is 23.2. The van der Waals surface area contributed by atoms with Crippen molar-refractivity contribution in [3.8, 4) is 0 Å². The van der Waals surface area contributed by atoms with Crippen LogP contribution in [0.3, 0.4) is 0 Å².